The Hall–Kier alpha value is -1.55. The molecule has 1 saturated heterocycles. The Balaban J connectivity index is 1.55. The lowest BCUT2D eigenvalue weighted by molar-refractivity contribution is -0.149. The largest absolute Gasteiger partial charge is 0.492 e. The Bertz CT molecular complexity index is 571. The van der Waals surface area contributed by atoms with Gasteiger partial charge in [0, 0.05) is 19.6 Å². The average Bonchev–Trinajstić information content (AvgIpc) is 3.00. The number of nitrogens with zero attached hydrogens (tertiary/aromatic N) is 1. The van der Waals surface area contributed by atoms with Crippen molar-refractivity contribution in [2.75, 3.05) is 26.2 Å². The highest BCUT2D eigenvalue weighted by molar-refractivity contribution is 5.76. The van der Waals surface area contributed by atoms with Gasteiger partial charge in [0.1, 0.15) is 12.4 Å². The van der Waals surface area contributed by atoms with Gasteiger partial charge >= 0.3 is 5.97 Å². The summed E-state index contributed by atoms with van der Waals surface area (Å²) in [6.07, 6.45) is 2.95. The maximum atomic E-state index is 11.7. The second-order valence-corrected chi connectivity index (χ2v) is 6.90. The second-order valence-electron chi connectivity index (χ2n) is 6.90. The predicted octanol–water partition coefficient (Wildman–Crippen LogP) is 2.87. The molecule has 1 heterocycles. The van der Waals surface area contributed by atoms with Gasteiger partial charge in [0.15, 0.2) is 0 Å². The first kappa shape index (κ1) is 15.3. The standard InChI is InChI=1S/C18H25NO3/c1-13-5-6-14(2)16(10-13)22-9-8-19-11-15-4-3-7-18(15,12-19)17(20)21/h5-6,10,15H,3-4,7-9,11-12H2,1-2H3,(H,20,21)/t15-,18+/m0/s1. The number of carboxylic acid groups (broad SMARTS) is 1. The van der Waals surface area contributed by atoms with Crippen LogP contribution in [0.5, 0.6) is 5.75 Å². The third-order valence-corrected chi connectivity index (χ3v) is 5.38. The molecule has 0 bridgehead atoms. The monoisotopic (exact) mass is 303 g/mol. The molecule has 1 aliphatic carbocycles. The van der Waals surface area contributed by atoms with Gasteiger partial charge in [-0.2, -0.15) is 0 Å². The van der Waals surface area contributed by atoms with Gasteiger partial charge in [-0.15, -0.1) is 0 Å². The first-order chi connectivity index (χ1) is 10.5. The summed E-state index contributed by atoms with van der Waals surface area (Å²) >= 11 is 0. The minimum Gasteiger partial charge on any atom is -0.492 e. The zero-order valence-corrected chi connectivity index (χ0v) is 13.5. The topological polar surface area (TPSA) is 49.8 Å². The molecule has 0 amide bonds. The third-order valence-electron chi connectivity index (χ3n) is 5.38. The van der Waals surface area contributed by atoms with Crippen molar-refractivity contribution in [2.45, 2.75) is 33.1 Å². The van der Waals surface area contributed by atoms with Crippen LogP contribution in [0.1, 0.15) is 30.4 Å². The summed E-state index contributed by atoms with van der Waals surface area (Å²) in [5.74, 6) is 0.658. The van der Waals surface area contributed by atoms with Crippen molar-refractivity contribution < 1.29 is 14.6 Å². The van der Waals surface area contributed by atoms with Crippen molar-refractivity contribution in [3.8, 4) is 5.75 Å². The summed E-state index contributed by atoms with van der Waals surface area (Å²) in [6.45, 7) is 7.12. The van der Waals surface area contributed by atoms with E-state index < -0.39 is 11.4 Å². The van der Waals surface area contributed by atoms with Crippen LogP contribution >= 0.6 is 0 Å². The van der Waals surface area contributed by atoms with Crippen LogP contribution < -0.4 is 4.74 Å². The highest BCUT2D eigenvalue weighted by Gasteiger charge is 2.54. The maximum Gasteiger partial charge on any atom is 0.311 e. The summed E-state index contributed by atoms with van der Waals surface area (Å²) in [7, 11) is 0. The van der Waals surface area contributed by atoms with Gasteiger partial charge in [-0.05, 0) is 49.8 Å². The number of hydrogen-bond donors (Lipinski definition) is 1. The highest BCUT2D eigenvalue weighted by atomic mass is 16.5. The van der Waals surface area contributed by atoms with E-state index >= 15 is 0 Å². The number of benzene rings is 1. The Morgan fingerprint density at radius 1 is 1.45 bits per heavy atom. The molecule has 0 radical (unpaired) electrons. The molecule has 1 saturated carbocycles. The van der Waals surface area contributed by atoms with Gasteiger partial charge in [0.05, 0.1) is 5.41 Å². The van der Waals surface area contributed by atoms with Crippen LogP contribution in [0, 0.1) is 25.2 Å². The summed E-state index contributed by atoms with van der Waals surface area (Å²) < 4.78 is 5.91. The zero-order valence-electron chi connectivity index (χ0n) is 13.5. The van der Waals surface area contributed by atoms with E-state index in [1.165, 1.54) is 5.56 Å². The van der Waals surface area contributed by atoms with Crippen molar-refractivity contribution in [3.05, 3.63) is 29.3 Å². The second kappa shape index (κ2) is 5.92. The Labute approximate surface area is 132 Å². The van der Waals surface area contributed by atoms with E-state index in [0.29, 0.717) is 19.1 Å². The van der Waals surface area contributed by atoms with Crippen molar-refractivity contribution in [3.63, 3.8) is 0 Å². The third kappa shape index (κ3) is 2.72. The molecule has 1 aromatic rings. The van der Waals surface area contributed by atoms with Crippen LogP contribution in [0.25, 0.3) is 0 Å². The van der Waals surface area contributed by atoms with E-state index in [9.17, 15) is 9.90 Å². The highest BCUT2D eigenvalue weighted by Crippen LogP contribution is 2.48. The molecule has 2 fully saturated rings. The van der Waals surface area contributed by atoms with Crippen LogP contribution in [-0.4, -0.2) is 42.2 Å². The predicted molar refractivity (Wildman–Crippen MR) is 85.3 cm³/mol. The normalized spacial score (nSPS) is 27.8. The van der Waals surface area contributed by atoms with Crippen LogP contribution in [0.3, 0.4) is 0 Å². The van der Waals surface area contributed by atoms with E-state index in [4.69, 9.17) is 4.74 Å². The SMILES string of the molecule is Cc1ccc(C)c(OCCN2C[C@@H]3CCC[C@@]3(C(=O)O)C2)c1. The first-order valence-corrected chi connectivity index (χ1v) is 8.17. The lowest BCUT2D eigenvalue weighted by Gasteiger charge is -2.23. The molecule has 0 unspecified atom stereocenters. The molecule has 0 aromatic heterocycles. The molecule has 3 rings (SSSR count). The number of likely N-dealkylation sites (tertiary alicyclic amines) is 1. The molecule has 2 atom stereocenters. The number of carbonyl (C=O) groups is 1. The number of aliphatic carboxylic acids is 1. The van der Waals surface area contributed by atoms with E-state index in [-0.39, 0.29) is 0 Å². The van der Waals surface area contributed by atoms with E-state index in [2.05, 4.69) is 36.9 Å². The number of aryl methyl sites for hydroxylation is 2. The molecule has 1 aliphatic heterocycles. The maximum absolute atomic E-state index is 11.7. The van der Waals surface area contributed by atoms with Crippen LogP contribution in [0.2, 0.25) is 0 Å². The van der Waals surface area contributed by atoms with Gasteiger partial charge in [0.25, 0.3) is 0 Å². The molecule has 0 spiro atoms. The molecule has 120 valence electrons. The Kier molecular flexibility index (Phi) is 4.13. The molecular weight excluding hydrogens is 278 g/mol. The number of fused-ring (bicyclic) bond motifs is 1. The zero-order chi connectivity index (χ0) is 15.7. The summed E-state index contributed by atoms with van der Waals surface area (Å²) in [6, 6.07) is 6.22. The fourth-order valence-corrected chi connectivity index (χ4v) is 4.06. The number of carboxylic acids is 1. The lowest BCUT2D eigenvalue weighted by Crippen LogP contribution is -2.36. The van der Waals surface area contributed by atoms with E-state index in [1.54, 1.807) is 0 Å². The van der Waals surface area contributed by atoms with Crippen LogP contribution in [0.15, 0.2) is 18.2 Å². The van der Waals surface area contributed by atoms with Crippen LogP contribution in [-0.2, 0) is 4.79 Å². The number of ether oxygens (including phenoxy) is 1. The number of rotatable bonds is 5. The molecule has 1 aromatic carbocycles. The van der Waals surface area contributed by atoms with Crippen molar-refractivity contribution >= 4 is 5.97 Å². The fraction of sp³-hybridized carbons (Fsp3) is 0.611. The van der Waals surface area contributed by atoms with E-state index in [0.717, 1.165) is 43.7 Å². The van der Waals surface area contributed by atoms with Crippen LogP contribution in [0.4, 0.5) is 0 Å². The summed E-state index contributed by atoms with van der Waals surface area (Å²) in [4.78, 5) is 13.9. The minimum atomic E-state index is -0.604. The van der Waals surface area contributed by atoms with Gasteiger partial charge < -0.3 is 9.84 Å². The van der Waals surface area contributed by atoms with Crippen molar-refractivity contribution in [2.24, 2.45) is 11.3 Å². The molecular formula is C18H25NO3. The summed E-state index contributed by atoms with van der Waals surface area (Å²) in [5.41, 5.74) is 1.85. The van der Waals surface area contributed by atoms with Gasteiger partial charge in [-0.1, -0.05) is 18.6 Å². The summed E-state index contributed by atoms with van der Waals surface area (Å²) in [5, 5.41) is 9.60. The lowest BCUT2D eigenvalue weighted by atomic mass is 9.81. The van der Waals surface area contributed by atoms with Crippen molar-refractivity contribution in [1.29, 1.82) is 0 Å². The molecule has 22 heavy (non-hydrogen) atoms. The fourth-order valence-electron chi connectivity index (χ4n) is 4.06. The molecule has 4 nitrogen and oxygen atoms in total. The van der Waals surface area contributed by atoms with Gasteiger partial charge in [0.2, 0.25) is 0 Å². The van der Waals surface area contributed by atoms with Gasteiger partial charge in [-0.25, -0.2) is 0 Å². The average molecular weight is 303 g/mol. The minimum absolute atomic E-state index is 0.325. The number of hydrogen-bond acceptors (Lipinski definition) is 3. The van der Waals surface area contributed by atoms with Gasteiger partial charge in [-0.3, -0.25) is 9.69 Å². The molecule has 2 aliphatic rings. The van der Waals surface area contributed by atoms with E-state index in [1.807, 2.05) is 0 Å². The smallest absolute Gasteiger partial charge is 0.311 e. The van der Waals surface area contributed by atoms with Crippen molar-refractivity contribution in [1.82, 2.24) is 4.90 Å². The molecule has 1 N–H and O–H groups in total. The Morgan fingerprint density at radius 3 is 3.00 bits per heavy atom. The Morgan fingerprint density at radius 2 is 2.27 bits per heavy atom. The molecule has 4 heteroatoms. The first-order valence-electron chi connectivity index (χ1n) is 8.17. The quantitative estimate of drug-likeness (QED) is 0.908.